The highest BCUT2D eigenvalue weighted by molar-refractivity contribution is 5.39. The number of ether oxygens (including phenoxy) is 1. The van der Waals surface area contributed by atoms with Crippen LogP contribution in [0.4, 0.5) is 8.78 Å². The lowest BCUT2D eigenvalue weighted by molar-refractivity contribution is 0.0598. The van der Waals surface area contributed by atoms with Gasteiger partial charge in [-0.2, -0.15) is 0 Å². The summed E-state index contributed by atoms with van der Waals surface area (Å²) in [5.74, 6) is -1.69. The molecule has 0 bridgehead atoms. The lowest BCUT2D eigenvalue weighted by atomic mass is 9.94. The van der Waals surface area contributed by atoms with Crippen LogP contribution in [0, 0.1) is 11.6 Å². The zero-order valence-electron chi connectivity index (χ0n) is 8.55. The van der Waals surface area contributed by atoms with E-state index >= 15 is 0 Å². The first kappa shape index (κ1) is 11.9. The topological polar surface area (TPSA) is 55.5 Å². The second kappa shape index (κ2) is 4.12. The van der Waals surface area contributed by atoms with Gasteiger partial charge in [-0.25, -0.2) is 8.78 Å². The molecule has 1 aromatic carbocycles. The third kappa shape index (κ3) is 2.24. The first-order valence-corrected chi connectivity index (χ1v) is 4.38. The number of rotatable bonds is 3. The molecule has 0 saturated carbocycles. The Kier molecular flexibility index (Phi) is 3.26. The average Bonchev–Trinajstić information content (AvgIpc) is 2.15. The molecule has 3 nitrogen and oxygen atoms in total. The van der Waals surface area contributed by atoms with Gasteiger partial charge in [0.05, 0.1) is 12.7 Å². The number of halogens is 2. The molecule has 84 valence electrons. The van der Waals surface area contributed by atoms with Crippen molar-refractivity contribution in [3.05, 3.63) is 29.3 Å². The van der Waals surface area contributed by atoms with E-state index in [1.54, 1.807) is 0 Å². The second-order valence-corrected chi connectivity index (χ2v) is 3.44. The molecule has 1 unspecified atom stereocenters. The minimum atomic E-state index is -1.58. The summed E-state index contributed by atoms with van der Waals surface area (Å²) < 4.78 is 31.1. The van der Waals surface area contributed by atoms with Crippen molar-refractivity contribution in [2.24, 2.45) is 5.73 Å². The Labute approximate surface area is 86.5 Å². The first-order chi connectivity index (χ1) is 6.92. The van der Waals surface area contributed by atoms with E-state index in [1.807, 2.05) is 0 Å². The number of benzene rings is 1. The van der Waals surface area contributed by atoms with Crippen LogP contribution in [0.25, 0.3) is 0 Å². The average molecular weight is 217 g/mol. The van der Waals surface area contributed by atoms with E-state index < -0.39 is 17.2 Å². The highest BCUT2D eigenvalue weighted by Crippen LogP contribution is 2.32. The molecule has 5 heteroatoms. The Morgan fingerprint density at radius 3 is 2.53 bits per heavy atom. The zero-order valence-corrected chi connectivity index (χ0v) is 8.55. The summed E-state index contributed by atoms with van der Waals surface area (Å²) in [6, 6.07) is 1.69. The Balaban J connectivity index is 3.39. The van der Waals surface area contributed by atoms with E-state index in [9.17, 15) is 13.9 Å². The molecule has 0 aliphatic heterocycles. The molecule has 0 fully saturated rings. The molecule has 3 N–H and O–H groups in total. The van der Waals surface area contributed by atoms with Gasteiger partial charge in [-0.3, -0.25) is 0 Å². The van der Waals surface area contributed by atoms with E-state index in [1.165, 1.54) is 14.0 Å². The monoisotopic (exact) mass is 217 g/mol. The zero-order chi connectivity index (χ0) is 11.6. The summed E-state index contributed by atoms with van der Waals surface area (Å²) in [4.78, 5) is 0. The third-order valence-electron chi connectivity index (χ3n) is 2.17. The van der Waals surface area contributed by atoms with E-state index in [0.29, 0.717) is 6.07 Å². The molecule has 15 heavy (non-hydrogen) atoms. The molecule has 0 spiro atoms. The fourth-order valence-corrected chi connectivity index (χ4v) is 1.34. The van der Waals surface area contributed by atoms with Crippen LogP contribution in [0.15, 0.2) is 12.1 Å². The molecule has 0 amide bonds. The Morgan fingerprint density at radius 2 is 2.07 bits per heavy atom. The SMILES string of the molecule is COc1cc(F)cc(F)c1C(C)(O)CN. The van der Waals surface area contributed by atoms with E-state index in [2.05, 4.69) is 0 Å². The van der Waals surface area contributed by atoms with Gasteiger partial charge in [0.2, 0.25) is 0 Å². The molecular formula is C10H13F2NO2. The van der Waals surface area contributed by atoms with Gasteiger partial charge in [0.25, 0.3) is 0 Å². The maximum Gasteiger partial charge on any atom is 0.135 e. The van der Waals surface area contributed by atoms with Gasteiger partial charge >= 0.3 is 0 Å². The van der Waals surface area contributed by atoms with Gasteiger partial charge in [0, 0.05) is 18.7 Å². The van der Waals surface area contributed by atoms with Crippen LogP contribution in [0.1, 0.15) is 12.5 Å². The molecule has 1 aromatic rings. The third-order valence-corrected chi connectivity index (χ3v) is 2.17. The van der Waals surface area contributed by atoms with Crippen molar-refractivity contribution < 1.29 is 18.6 Å². The number of aliphatic hydroxyl groups is 1. The fraction of sp³-hybridized carbons (Fsp3) is 0.400. The number of hydrogen-bond acceptors (Lipinski definition) is 3. The van der Waals surface area contributed by atoms with Crippen LogP contribution in [0.5, 0.6) is 5.75 Å². The smallest absolute Gasteiger partial charge is 0.135 e. The summed E-state index contributed by atoms with van der Waals surface area (Å²) in [7, 11) is 1.27. The van der Waals surface area contributed by atoms with Gasteiger partial charge in [-0.15, -0.1) is 0 Å². The number of methoxy groups -OCH3 is 1. The Morgan fingerprint density at radius 1 is 1.47 bits per heavy atom. The van der Waals surface area contributed by atoms with Crippen molar-refractivity contribution >= 4 is 0 Å². The minimum absolute atomic E-state index is 0.0528. The molecular weight excluding hydrogens is 204 g/mol. The second-order valence-electron chi connectivity index (χ2n) is 3.44. The molecule has 1 rings (SSSR count). The van der Waals surface area contributed by atoms with Crippen LogP contribution in [0.3, 0.4) is 0 Å². The van der Waals surface area contributed by atoms with Gasteiger partial charge in [-0.1, -0.05) is 0 Å². The molecule has 0 aromatic heterocycles. The van der Waals surface area contributed by atoms with Crippen molar-refractivity contribution in [3.8, 4) is 5.75 Å². The maximum atomic E-state index is 13.4. The van der Waals surface area contributed by atoms with Crippen LogP contribution < -0.4 is 10.5 Å². The standard InChI is InChI=1S/C10H13F2NO2/c1-10(14,5-13)9-7(12)3-6(11)4-8(9)15-2/h3-4,14H,5,13H2,1-2H3. The molecule has 0 aliphatic rings. The highest BCUT2D eigenvalue weighted by Gasteiger charge is 2.29. The summed E-state index contributed by atoms with van der Waals surface area (Å²) in [5, 5.41) is 9.81. The summed E-state index contributed by atoms with van der Waals surface area (Å²) in [5.41, 5.74) is 3.59. The normalized spacial score (nSPS) is 14.8. The molecule has 1 atom stereocenters. The molecule has 0 heterocycles. The number of nitrogens with two attached hydrogens (primary N) is 1. The maximum absolute atomic E-state index is 13.4. The predicted octanol–water partition coefficient (Wildman–Crippen LogP) is 1.14. The predicted molar refractivity (Wildman–Crippen MR) is 51.5 cm³/mol. The van der Waals surface area contributed by atoms with Crippen molar-refractivity contribution in [2.75, 3.05) is 13.7 Å². The van der Waals surface area contributed by atoms with Gasteiger partial charge < -0.3 is 15.6 Å². The van der Waals surface area contributed by atoms with Gasteiger partial charge in [0.15, 0.2) is 0 Å². The van der Waals surface area contributed by atoms with Gasteiger partial charge in [-0.05, 0) is 6.92 Å². The van der Waals surface area contributed by atoms with Crippen molar-refractivity contribution in [2.45, 2.75) is 12.5 Å². The fourth-order valence-electron chi connectivity index (χ4n) is 1.34. The van der Waals surface area contributed by atoms with Crippen molar-refractivity contribution in [1.82, 2.24) is 0 Å². The lowest BCUT2D eigenvalue weighted by Gasteiger charge is -2.24. The summed E-state index contributed by atoms with van der Waals surface area (Å²) in [6.07, 6.45) is 0. The van der Waals surface area contributed by atoms with E-state index in [-0.39, 0.29) is 17.9 Å². The number of hydrogen-bond donors (Lipinski definition) is 2. The van der Waals surface area contributed by atoms with Crippen molar-refractivity contribution in [1.29, 1.82) is 0 Å². The highest BCUT2D eigenvalue weighted by atomic mass is 19.1. The Hall–Kier alpha value is -1.20. The molecule has 0 aliphatic carbocycles. The quantitative estimate of drug-likeness (QED) is 0.798. The molecule has 0 radical (unpaired) electrons. The minimum Gasteiger partial charge on any atom is -0.496 e. The lowest BCUT2D eigenvalue weighted by Crippen LogP contribution is -2.32. The van der Waals surface area contributed by atoms with E-state index in [0.717, 1.165) is 6.07 Å². The van der Waals surface area contributed by atoms with Crippen LogP contribution in [0.2, 0.25) is 0 Å². The molecule has 0 saturated heterocycles. The van der Waals surface area contributed by atoms with E-state index in [4.69, 9.17) is 10.5 Å². The Bertz CT molecular complexity index is 367. The first-order valence-electron chi connectivity index (χ1n) is 4.38. The summed E-state index contributed by atoms with van der Waals surface area (Å²) >= 11 is 0. The van der Waals surface area contributed by atoms with Gasteiger partial charge in [0.1, 0.15) is 23.0 Å². The van der Waals surface area contributed by atoms with Crippen molar-refractivity contribution in [3.63, 3.8) is 0 Å². The summed E-state index contributed by atoms with van der Waals surface area (Å²) in [6.45, 7) is 1.15. The van der Waals surface area contributed by atoms with Crippen LogP contribution in [-0.4, -0.2) is 18.8 Å². The van der Waals surface area contributed by atoms with Crippen LogP contribution >= 0.6 is 0 Å². The van der Waals surface area contributed by atoms with Crippen LogP contribution in [-0.2, 0) is 5.60 Å². The largest absolute Gasteiger partial charge is 0.496 e.